The highest BCUT2D eigenvalue weighted by molar-refractivity contribution is 7.89. The number of benzene rings is 2. The van der Waals surface area contributed by atoms with Crippen molar-refractivity contribution in [3.63, 3.8) is 0 Å². The normalized spacial score (nSPS) is 12.2. The van der Waals surface area contributed by atoms with Crippen LogP contribution in [0.4, 0.5) is 0 Å². The Kier molecular flexibility index (Phi) is 5.21. The van der Waals surface area contributed by atoms with Gasteiger partial charge in [0.15, 0.2) is 5.76 Å². The van der Waals surface area contributed by atoms with Crippen LogP contribution >= 0.6 is 0 Å². The minimum absolute atomic E-state index is 0.236. The van der Waals surface area contributed by atoms with Gasteiger partial charge in [-0.3, -0.25) is 0 Å². The molecule has 0 spiro atoms. The zero-order valence-corrected chi connectivity index (χ0v) is 18.2. The number of nitrogens with zero attached hydrogens (tertiary/aromatic N) is 3. The second kappa shape index (κ2) is 7.70. The summed E-state index contributed by atoms with van der Waals surface area (Å²) in [6.45, 7) is 8.32. The highest BCUT2D eigenvalue weighted by Gasteiger charge is 2.24. The van der Waals surface area contributed by atoms with Crippen molar-refractivity contribution in [2.24, 2.45) is 0 Å². The van der Waals surface area contributed by atoms with Gasteiger partial charge in [-0.1, -0.05) is 42.8 Å². The van der Waals surface area contributed by atoms with E-state index in [4.69, 9.17) is 8.94 Å². The van der Waals surface area contributed by atoms with Crippen molar-refractivity contribution >= 4 is 21.0 Å². The van der Waals surface area contributed by atoms with E-state index < -0.39 is 10.0 Å². The topological polar surface area (TPSA) is 89.4 Å². The van der Waals surface area contributed by atoms with Crippen LogP contribution in [0.5, 0.6) is 0 Å². The van der Waals surface area contributed by atoms with E-state index in [0.29, 0.717) is 35.6 Å². The van der Waals surface area contributed by atoms with Gasteiger partial charge in [-0.15, -0.1) is 0 Å². The molecule has 30 heavy (non-hydrogen) atoms. The Labute approximate surface area is 175 Å². The molecule has 0 aliphatic rings. The van der Waals surface area contributed by atoms with Gasteiger partial charge >= 0.3 is 0 Å². The maximum atomic E-state index is 12.9. The van der Waals surface area contributed by atoms with Crippen LogP contribution in [0.15, 0.2) is 56.3 Å². The number of furan rings is 1. The van der Waals surface area contributed by atoms with Crippen LogP contribution in [0.2, 0.25) is 0 Å². The van der Waals surface area contributed by atoms with E-state index in [1.165, 1.54) is 4.31 Å². The van der Waals surface area contributed by atoms with Gasteiger partial charge in [0.25, 0.3) is 5.89 Å². The fourth-order valence-electron chi connectivity index (χ4n) is 3.49. The fourth-order valence-corrected chi connectivity index (χ4v) is 4.98. The molecule has 0 aliphatic heterocycles. The predicted octanol–water partition coefficient (Wildman–Crippen LogP) is 4.80. The number of hydrogen-bond acceptors (Lipinski definition) is 6. The maximum absolute atomic E-state index is 12.9. The third-order valence-electron chi connectivity index (χ3n) is 5.15. The SMILES string of the molecule is CCN(CC)S(=O)(=O)c1ccc2oc(-c3nc(-c4cccc(C)c4)no3)c(C)c2c1. The molecule has 0 amide bonds. The highest BCUT2D eigenvalue weighted by Crippen LogP contribution is 2.34. The third-order valence-corrected chi connectivity index (χ3v) is 7.19. The van der Waals surface area contributed by atoms with Gasteiger partial charge in [-0.25, -0.2) is 8.42 Å². The van der Waals surface area contributed by atoms with E-state index in [0.717, 1.165) is 16.7 Å². The summed E-state index contributed by atoms with van der Waals surface area (Å²) < 4.78 is 38.5. The minimum atomic E-state index is -3.56. The minimum Gasteiger partial charge on any atom is -0.451 e. The molecule has 0 saturated heterocycles. The van der Waals surface area contributed by atoms with Crippen molar-refractivity contribution in [1.82, 2.24) is 14.4 Å². The summed E-state index contributed by atoms with van der Waals surface area (Å²) in [5, 5.41) is 4.77. The molecule has 0 N–H and O–H groups in total. The highest BCUT2D eigenvalue weighted by atomic mass is 32.2. The lowest BCUT2D eigenvalue weighted by Crippen LogP contribution is -2.30. The smallest absolute Gasteiger partial charge is 0.294 e. The molecule has 2 heterocycles. The molecule has 0 fully saturated rings. The molecule has 0 unspecified atom stereocenters. The maximum Gasteiger partial charge on any atom is 0.294 e. The standard InChI is InChI=1S/C22H23N3O4S/c1-5-25(6-2)30(26,27)17-10-11-19-18(13-17)15(4)20(28-19)22-23-21(24-29-22)16-9-7-8-14(3)12-16/h7-13H,5-6H2,1-4H3. The molecular formula is C22H23N3O4S. The fraction of sp³-hybridized carbons (Fsp3) is 0.273. The molecule has 8 heteroatoms. The number of hydrogen-bond donors (Lipinski definition) is 0. The number of sulfonamides is 1. The summed E-state index contributed by atoms with van der Waals surface area (Å²) in [6.07, 6.45) is 0. The van der Waals surface area contributed by atoms with Crippen molar-refractivity contribution in [1.29, 1.82) is 0 Å². The monoisotopic (exact) mass is 425 g/mol. The number of rotatable bonds is 6. The van der Waals surface area contributed by atoms with Gasteiger partial charge in [0.1, 0.15) is 5.58 Å². The molecule has 0 bridgehead atoms. The number of fused-ring (bicyclic) bond motifs is 1. The molecule has 0 aliphatic carbocycles. The van der Waals surface area contributed by atoms with Gasteiger partial charge in [0.05, 0.1) is 4.90 Å². The largest absolute Gasteiger partial charge is 0.451 e. The van der Waals surface area contributed by atoms with Crippen LogP contribution in [0.25, 0.3) is 34.0 Å². The molecule has 4 aromatic rings. The van der Waals surface area contributed by atoms with Crippen LogP contribution in [0.3, 0.4) is 0 Å². The van der Waals surface area contributed by atoms with Gasteiger partial charge in [0.2, 0.25) is 15.8 Å². The van der Waals surface area contributed by atoms with Crippen LogP contribution in [0, 0.1) is 13.8 Å². The van der Waals surface area contributed by atoms with Crippen molar-refractivity contribution in [3.05, 3.63) is 53.6 Å². The predicted molar refractivity (Wildman–Crippen MR) is 115 cm³/mol. The van der Waals surface area contributed by atoms with Gasteiger partial charge < -0.3 is 8.94 Å². The van der Waals surface area contributed by atoms with Crippen LogP contribution in [0.1, 0.15) is 25.0 Å². The molecular weight excluding hydrogens is 402 g/mol. The van der Waals surface area contributed by atoms with Crippen molar-refractivity contribution in [2.75, 3.05) is 13.1 Å². The van der Waals surface area contributed by atoms with Crippen LogP contribution < -0.4 is 0 Å². The van der Waals surface area contributed by atoms with Gasteiger partial charge in [-0.05, 0) is 38.1 Å². The van der Waals surface area contributed by atoms with E-state index in [1.54, 1.807) is 18.2 Å². The summed E-state index contributed by atoms with van der Waals surface area (Å²) in [5.41, 5.74) is 3.27. The Bertz CT molecular complexity index is 1320. The zero-order chi connectivity index (χ0) is 21.5. The molecule has 0 saturated carbocycles. The van der Waals surface area contributed by atoms with Crippen LogP contribution in [-0.4, -0.2) is 36.0 Å². The lowest BCUT2D eigenvalue weighted by Gasteiger charge is -2.18. The zero-order valence-electron chi connectivity index (χ0n) is 17.3. The number of aryl methyl sites for hydroxylation is 2. The molecule has 0 atom stereocenters. The first kappa shape index (κ1) is 20.3. The summed E-state index contributed by atoms with van der Waals surface area (Å²) in [6, 6.07) is 12.7. The lowest BCUT2D eigenvalue weighted by molar-refractivity contribution is 0.419. The Morgan fingerprint density at radius 2 is 1.80 bits per heavy atom. The Morgan fingerprint density at radius 1 is 1.03 bits per heavy atom. The second-order valence-corrected chi connectivity index (χ2v) is 9.03. The first-order valence-electron chi connectivity index (χ1n) is 9.79. The molecule has 4 rings (SSSR count). The Balaban J connectivity index is 1.76. The average molecular weight is 426 g/mol. The first-order valence-corrected chi connectivity index (χ1v) is 11.2. The van der Waals surface area contributed by atoms with Crippen molar-refractivity contribution < 1.29 is 17.4 Å². The summed E-state index contributed by atoms with van der Waals surface area (Å²) >= 11 is 0. The molecule has 156 valence electrons. The summed E-state index contributed by atoms with van der Waals surface area (Å²) in [7, 11) is -3.56. The third kappa shape index (κ3) is 3.42. The lowest BCUT2D eigenvalue weighted by atomic mass is 10.1. The van der Waals surface area contributed by atoms with Gasteiger partial charge in [-0.2, -0.15) is 9.29 Å². The Morgan fingerprint density at radius 3 is 2.50 bits per heavy atom. The second-order valence-electron chi connectivity index (χ2n) is 7.10. The quantitative estimate of drug-likeness (QED) is 0.441. The van der Waals surface area contributed by atoms with E-state index >= 15 is 0 Å². The van der Waals surface area contributed by atoms with E-state index in [1.807, 2.05) is 52.0 Å². The molecule has 2 aromatic heterocycles. The summed E-state index contributed by atoms with van der Waals surface area (Å²) in [5.74, 6) is 1.17. The van der Waals surface area contributed by atoms with Crippen molar-refractivity contribution in [3.8, 4) is 23.0 Å². The van der Waals surface area contributed by atoms with E-state index in [9.17, 15) is 8.42 Å². The van der Waals surface area contributed by atoms with Gasteiger partial charge in [0, 0.05) is 29.6 Å². The average Bonchev–Trinajstić information content (AvgIpc) is 3.33. The van der Waals surface area contributed by atoms with Crippen LogP contribution in [-0.2, 0) is 10.0 Å². The number of aromatic nitrogens is 2. The first-order chi connectivity index (χ1) is 14.3. The van der Waals surface area contributed by atoms with Crippen molar-refractivity contribution in [2.45, 2.75) is 32.6 Å². The van der Waals surface area contributed by atoms with E-state index in [2.05, 4.69) is 10.1 Å². The van der Waals surface area contributed by atoms with E-state index in [-0.39, 0.29) is 10.8 Å². The molecule has 7 nitrogen and oxygen atoms in total. The molecule has 2 aromatic carbocycles. The Hall–Kier alpha value is -2.97. The summed E-state index contributed by atoms with van der Waals surface area (Å²) in [4.78, 5) is 4.71. The molecule has 0 radical (unpaired) electrons.